The molecule has 1 unspecified atom stereocenters. The highest BCUT2D eigenvalue weighted by Crippen LogP contribution is 2.25. The molecule has 2 N–H and O–H groups in total. The van der Waals surface area contributed by atoms with Crippen LogP contribution in [0.5, 0.6) is 0 Å². The van der Waals surface area contributed by atoms with Gasteiger partial charge < -0.3 is 15.2 Å². The summed E-state index contributed by atoms with van der Waals surface area (Å²) in [5.41, 5.74) is 0.592. The maximum absolute atomic E-state index is 11.5. The van der Waals surface area contributed by atoms with Crippen LogP contribution in [-0.2, 0) is 14.3 Å². The molecule has 0 heterocycles. The molecule has 7 heteroatoms. The molecule has 0 bridgehead atoms. The molecule has 1 rings (SSSR count). The third-order valence-corrected chi connectivity index (χ3v) is 3.17. The average Bonchev–Trinajstić information content (AvgIpc) is 2.29. The van der Waals surface area contributed by atoms with Crippen LogP contribution in [0, 0.1) is 0 Å². The highest BCUT2D eigenvalue weighted by molar-refractivity contribution is 9.11. The highest BCUT2D eigenvalue weighted by Gasteiger charge is 2.13. The highest BCUT2D eigenvalue weighted by atomic mass is 79.9. The fourth-order valence-corrected chi connectivity index (χ4v) is 2.20. The van der Waals surface area contributed by atoms with Crippen molar-refractivity contribution >= 4 is 49.4 Å². The second-order valence-electron chi connectivity index (χ2n) is 3.46. The number of rotatable bonds is 5. The zero-order valence-electron chi connectivity index (χ0n) is 9.44. The van der Waals surface area contributed by atoms with Crippen molar-refractivity contribution in [3.8, 4) is 0 Å². The van der Waals surface area contributed by atoms with Crippen LogP contribution in [0.4, 0.5) is 5.69 Å². The van der Waals surface area contributed by atoms with Crippen molar-refractivity contribution in [3.05, 3.63) is 27.1 Å². The normalized spacial score (nSPS) is 11.9. The van der Waals surface area contributed by atoms with Gasteiger partial charge in [-0.2, -0.15) is 0 Å². The summed E-state index contributed by atoms with van der Waals surface area (Å²) in [4.78, 5) is 22.0. The monoisotopic (exact) mass is 379 g/mol. The number of amides is 1. The lowest BCUT2D eigenvalue weighted by Gasteiger charge is -2.10. The van der Waals surface area contributed by atoms with Gasteiger partial charge in [0.2, 0.25) is 5.91 Å². The van der Waals surface area contributed by atoms with Crippen LogP contribution in [0.2, 0.25) is 0 Å². The number of carboxylic acids is 1. The second-order valence-corrected chi connectivity index (χ2v) is 5.23. The molecule has 0 radical (unpaired) electrons. The van der Waals surface area contributed by atoms with Crippen molar-refractivity contribution in [2.45, 2.75) is 13.0 Å². The quantitative estimate of drug-likeness (QED) is 0.823. The number of halogens is 2. The van der Waals surface area contributed by atoms with E-state index in [4.69, 9.17) is 9.84 Å². The fraction of sp³-hybridized carbons (Fsp3) is 0.273. The predicted octanol–water partition coefficient (Wildman–Crippen LogP) is 2.64. The summed E-state index contributed by atoms with van der Waals surface area (Å²) in [6.45, 7) is 1.06. The molecule has 98 valence electrons. The van der Waals surface area contributed by atoms with Crippen molar-refractivity contribution in [2.24, 2.45) is 0 Å². The number of nitrogens with one attached hydrogen (secondary N) is 1. The molecule has 0 aliphatic carbocycles. The van der Waals surface area contributed by atoms with Crippen LogP contribution in [0.15, 0.2) is 27.1 Å². The van der Waals surface area contributed by atoms with E-state index in [0.717, 1.165) is 8.95 Å². The Morgan fingerprint density at radius 2 is 2.11 bits per heavy atom. The smallest absolute Gasteiger partial charge is 0.332 e. The van der Waals surface area contributed by atoms with Crippen LogP contribution in [0.1, 0.15) is 6.92 Å². The molecule has 0 aliphatic rings. The summed E-state index contributed by atoms with van der Waals surface area (Å²) < 4.78 is 6.46. The topological polar surface area (TPSA) is 75.6 Å². The molecule has 5 nitrogen and oxygen atoms in total. The first-order valence-electron chi connectivity index (χ1n) is 4.99. The molecule has 0 saturated heterocycles. The summed E-state index contributed by atoms with van der Waals surface area (Å²) in [5.74, 6) is -1.52. The minimum Gasteiger partial charge on any atom is -0.479 e. The lowest BCUT2D eigenvalue weighted by Crippen LogP contribution is -2.26. The van der Waals surface area contributed by atoms with Gasteiger partial charge in [0, 0.05) is 8.95 Å². The summed E-state index contributed by atoms with van der Waals surface area (Å²) in [6.07, 6.45) is -1.01. The lowest BCUT2D eigenvalue weighted by atomic mass is 10.3. The Balaban J connectivity index is 2.52. The first-order valence-corrected chi connectivity index (χ1v) is 6.58. The third-order valence-electron chi connectivity index (χ3n) is 2.02. The number of carboxylic acid groups (broad SMARTS) is 1. The minimum absolute atomic E-state index is 0.310. The Hall–Kier alpha value is -0.920. The summed E-state index contributed by atoms with van der Waals surface area (Å²) >= 11 is 6.59. The molecule has 1 aromatic rings. The minimum atomic E-state index is -1.10. The zero-order valence-corrected chi connectivity index (χ0v) is 12.6. The van der Waals surface area contributed by atoms with E-state index in [9.17, 15) is 9.59 Å². The van der Waals surface area contributed by atoms with E-state index in [-0.39, 0.29) is 6.61 Å². The van der Waals surface area contributed by atoms with Crippen molar-refractivity contribution in [2.75, 3.05) is 11.9 Å². The number of hydrogen-bond donors (Lipinski definition) is 2. The number of hydrogen-bond acceptors (Lipinski definition) is 3. The first kappa shape index (κ1) is 15.1. The van der Waals surface area contributed by atoms with Gasteiger partial charge in [-0.3, -0.25) is 4.79 Å². The number of benzene rings is 1. The Labute approximate surface area is 121 Å². The Kier molecular flexibility index (Phi) is 5.77. The fourth-order valence-electron chi connectivity index (χ4n) is 1.05. The average molecular weight is 381 g/mol. The predicted molar refractivity (Wildman–Crippen MR) is 73.5 cm³/mol. The molecule has 0 saturated carbocycles. The van der Waals surface area contributed by atoms with E-state index in [1.807, 2.05) is 0 Å². The Morgan fingerprint density at radius 3 is 2.67 bits per heavy atom. The largest absolute Gasteiger partial charge is 0.479 e. The maximum Gasteiger partial charge on any atom is 0.332 e. The van der Waals surface area contributed by atoms with Crippen LogP contribution in [0.25, 0.3) is 0 Å². The zero-order chi connectivity index (χ0) is 13.7. The molecule has 0 aromatic heterocycles. The van der Waals surface area contributed by atoms with Crippen molar-refractivity contribution < 1.29 is 19.4 Å². The second kappa shape index (κ2) is 6.86. The number of carbonyl (C=O) groups excluding carboxylic acids is 1. The molecule has 18 heavy (non-hydrogen) atoms. The lowest BCUT2D eigenvalue weighted by molar-refractivity contribution is -0.150. The molecule has 0 fully saturated rings. The molecular formula is C11H11Br2NO4. The van der Waals surface area contributed by atoms with Gasteiger partial charge in [-0.05, 0) is 41.1 Å². The van der Waals surface area contributed by atoms with Gasteiger partial charge in [-0.15, -0.1) is 0 Å². The molecule has 0 spiro atoms. The van der Waals surface area contributed by atoms with Gasteiger partial charge in [-0.1, -0.05) is 15.9 Å². The SMILES string of the molecule is CC(OCC(=O)Nc1ccc(Br)cc1Br)C(=O)O. The maximum atomic E-state index is 11.5. The van der Waals surface area contributed by atoms with Gasteiger partial charge in [-0.25, -0.2) is 4.79 Å². The van der Waals surface area contributed by atoms with Crippen molar-refractivity contribution in [3.63, 3.8) is 0 Å². The van der Waals surface area contributed by atoms with E-state index in [1.54, 1.807) is 18.2 Å². The molecule has 1 atom stereocenters. The third kappa shape index (κ3) is 4.75. The molecule has 1 aromatic carbocycles. The van der Waals surface area contributed by atoms with Gasteiger partial charge in [0.15, 0.2) is 6.10 Å². The van der Waals surface area contributed by atoms with Gasteiger partial charge in [0.1, 0.15) is 6.61 Å². The van der Waals surface area contributed by atoms with Gasteiger partial charge in [0.25, 0.3) is 0 Å². The van der Waals surface area contributed by atoms with E-state index in [2.05, 4.69) is 37.2 Å². The van der Waals surface area contributed by atoms with Crippen LogP contribution in [-0.4, -0.2) is 29.7 Å². The molecular weight excluding hydrogens is 370 g/mol. The van der Waals surface area contributed by atoms with Crippen LogP contribution in [0.3, 0.4) is 0 Å². The molecule has 1 amide bonds. The number of carbonyl (C=O) groups is 2. The Morgan fingerprint density at radius 1 is 1.44 bits per heavy atom. The number of aliphatic carboxylic acids is 1. The van der Waals surface area contributed by atoms with Crippen LogP contribution >= 0.6 is 31.9 Å². The van der Waals surface area contributed by atoms with Crippen LogP contribution < -0.4 is 5.32 Å². The van der Waals surface area contributed by atoms with E-state index < -0.39 is 18.0 Å². The van der Waals surface area contributed by atoms with Crippen molar-refractivity contribution in [1.82, 2.24) is 0 Å². The molecule has 0 aliphatic heterocycles. The number of ether oxygens (including phenoxy) is 1. The standard InChI is InChI=1S/C11H11Br2NO4/c1-6(11(16)17)18-5-10(15)14-9-3-2-7(12)4-8(9)13/h2-4,6H,5H2,1H3,(H,14,15)(H,16,17). The summed E-state index contributed by atoms with van der Waals surface area (Å²) in [7, 11) is 0. The summed E-state index contributed by atoms with van der Waals surface area (Å²) in [6, 6.07) is 5.28. The number of anilines is 1. The van der Waals surface area contributed by atoms with E-state index >= 15 is 0 Å². The van der Waals surface area contributed by atoms with E-state index in [1.165, 1.54) is 6.92 Å². The Bertz CT molecular complexity index is 464. The first-order chi connectivity index (χ1) is 8.40. The van der Waals surface area contributed by atoms with E-state index in [0.29, 0.717) is 5.69 Å². The van der Waals surface area contributed by atoms with Crippen molar-refractivity contribution in [1.29, 1.82) is 0 Å². The summed E-state index contributed by atoms with van der Waals surface area (Å²) in [5, 5.41) is 11.2. The van der Waals surface area contributed by atoms with Gasteiger partial charge >= 0.3 is 5.97 Å². The van der Waals surface area contributed by atoms with Gasteiger partial charge in [0.05, 0.1) is 5.69 Å².